The highest BCUT2D eigenvalue weighted by Gasteiger charge is 2.35. The van der Waals surface area contributed by atoms with Crippen LogP contribution in [-0.2, 0) is 31.0 Å². The molecular formula is C27H32N4O5. The molecule has 9 heteroatoms. The van der Waals surface area contributed by atoms with Crippen molar-refractivity contribution >= 4 is 23.4 Å². The van der Waals surface area contributed by atoms with Crippen molar-refractivity contribution in [2.45, 2.75) is 31.0 Å². The summed E-state index contributed by atoms with van der Waals surface area (Å²) in [5, 5.41) is 0. The first-order chi connectivity index (χ1) is 17.6. The van der Waals surface area contributed by atoms with Crippen LogP contribution >= 0.6 is 0 Å². The average Bonchev–Trinajstić information content (AvgIpc) is 3.36. The minimum absolute atomic E-state index is 0.0954. The van der Waals surface area contributed by atoms with E-state index >= 15 is 0 Å². The Morgan fingerprint density at radius 2 is 1.86 bits per heavy atom. The van der Waals surface area contributed by atoms with Crippen molar-refractivity contribution in [3.63, 3.8) is 0 Å². The van der Waals surface area contributed by atoms with Gasteiger partial charge in [-0.15, -0.1) is 0 Å². The van der Waals surface area contributed by atoms with Crippen molar-refractivity contribution in [2.24, 2.45) is 0 Å². The second-order valence-electron chi connectivity index (χ2n) is 9.80. The van der Waals surface area contributed by atoms with E-state index in [1.165, 1.54) is 5.57 Å². The smallest absolute Gasteiger partial charge is 0.410 e. The number of nitrogens with zero attached hydrogens (tertiary/aromatic N) is 4. The van der Waals surface area contributed by atoms with Crippen molar-refractivity contribution in [3.05, 3.63) is 53.1 Å². The van der Waals surface area contributed by atoms with Gasteiger partial charge in [-0.3, -0.25) is 9.97 Å². The lowest BCUT2D eigenvalue weighted by Gasteiger charge is -2.37. The predicted molar refractivity (Wildman–Crippen MR) is 134 cm³/mol. The molecule has 3 aliphatic heterocycles. The molecule has 4 aliphatic rings. The molecule has 0 N–H and O–H groups in total. The fraction of sp³-hybridized carbons (Fsp3) is 0.519. The normalized spacial score (nSPS) is 21.5. The summed E-state index contributed by atoms with van der Waals surface area (Å²) in [5.74, 6) is 0. The number of rotatable bonds is 5. The fourth-order valence-corrected chi connectivity index (χ4v) is 5.44. The number of pyridine rings is 2. The Kier molecular flexibility index (Phi) is 6.37. The molecule has 0 atom stereocenters. The lowest BCUT2D eigenvalue weighted by Crippen LogP contribution is -2.51. The number of fused-ring (bicyclic) bond motifs is 1. The molecule has 0 radical (unpaired) electrons. The number of anilines is 1. The number of amides is 1. The Morgan fingerprint density at radius 1 is 1.06 bits per heavy atom. The lowest BCUT2D eigenvalue weighted by atomic mass is 9.87. The Hall–Kier alpha value is -3.01. The largest absolute Gasteiger partial charge is 0.441 e. The Bertz CT molecular complexity index is 1130. The van der Waals surface area contributed by atoms with Crippen molar-refractivity contribution < 1.29 is 23.7 Å². The quantitative estimate of drug-likeness (QED) is 0.630. The van der Waals surface area contributed by atoms with Gasteiger partial charge in [-0.25, -0.2) is 4.79 Å². The van der Waals surface area contributed by atoms with Crippen LogP contribution in [0.25, 0.3) is 11.6 Å². The maximum Gasteiger partial charge on any atom is 0.410 e. The molecular weight excluding hydrogens is 460 g/mol. The van der Waals surface area contributed by atoms with Crippen molar-refractivity contribution in [2.75, 3.05) is 64.6 Å². The zero-order valence-electron chi connectivity index (χ0n) is 20.6. The third kappa shape index (κ3) is 4.36. The predicted octanol–water partition coefficient (Wildman–Crippen LogP) is 2.88. The van der Waals surface area contributed by atoms with Gasteiger partial charge in [-0.2, -0.15) is 0 Å². The summed E-state index contributed by atoms with van der Waals surface area (Å²) in [6.45, 7) is 5.19. The van der Waals surface area contributed by atoms with E-state index < -0.39 is 0 Å². The first kappa shape index (κ1) is 23.4. The third-order valence-electron chi connectivity index (χ3n) is 7.79. The summed E-state index contributed by atoms with van der Waals surface area (Å²) in [4.78, 5) is 26.0. The van der Waals surface area contributed by atoms with Crippen LogP contribution in [0.4, 0.5) is 10.5 Å². The molecule has 5 heterocycles. The number of hydrogen-bond acceptors (Lipinski definition) is 8. The van der Waals surface area contributed by atoms with E-state index in [9.17, 15) is 4.79 Å². The van der Waals surface area contributed by atoms with E-state index in [1.807, 2.05) is 12.4 Å². The summed E-state index contributed by atoms with van der Waals surface area (Å²) in [6, 6.07) is 6.31. The van der Waals surface area contributed by atoms with Crippen molar-refractivity contribution in [1.82, 2.24) is 14.9 Å². The number of methoxy groups -OCH3 is 1. The first-order valence-electron chi connectivity index (χ1n) is 12.7. The summed E-state index contributed by atoms with van der Waals surface area (Å²) in [6.07, 6.45) is 8.16. The van der Waals surface area contributed by atoms with Crippen LogP contribution in [0, 0.1) is 0 Å². The minimum atomic E-state index is -0.314. The molecule has 0 saturated carbocycles. The molecule has 1 amide bonds. The van der Waals surface area contributed by atoms with E-state index in [0.717, 1.165) is 60.6 Å². The zero-order chi connectivity index (χ0) is 24.5. The van der Waals surface area contributed by atoms with Gasteiger partial charge in [-0.05, 0) is 23.8 Å². The molecule has 2 aromatic rings. The number of hydrogen-bond donors (Lipinski definition) is 0. The van der Waals surface area contributed by atoms with Gasteiger partial charge in [0.2, 0.25) is 0 Å². The van der Waals surface area contributed by atoms with Crippen LogP contribution in [0.5, 0.6) is 0 Å². The van der Waals surface area contributed by atoms with Crippen LogP contribution in [0.2, 0.25) is 0 Å². The van der Waals surface area contributed by atoms with Gasteiger partial charge in [0.05, 0.1) is 30.2 Å². The van der Waals surface area contributed by atoms with Crippen LogP contribution in [-0.4, -0.2) is 86.8 Å². The summed E-state index contributed by atoms with van der Waals surface area (Å²) >= 11 is 0. The van der Waals surface area contributed by atoms with Gasteiger partial charge >= 0.3 is 6.09 Å². The number of carbonyl (C=O) groups excluding carboxylic acids is 1. The highest BCUT2D eigenvalue weighted by Crippen LogP contribution is 2.38. The monoisotopic (exact) mass is 492 g/mol. The van der Waals surface area contributed by atoms with Gasteiger partial charge in [0, 0.05) is 95.0 Å². The van der Waals surface area contributed by atoms with Gasteiger partial charge in [0.25, 0.3) is 0 Å². The van der Waals surface area contributed by atoms with Crippen LogP contribution in [0.3, 0.4) is 0 Å². The number of piperazine rings is 1. The molecule has 3 saturated heterocycles. The molecule has 6 rings (SSSR count). The Labute approximate surface area is 211 Å². The molecule has 2 aromatic heterocycles. The molecule has 9 nitrogen and oxygen atoms in total. The Morgan fingerprint density at radius 3 is 2.53 bits per heavy atom. The van der Waals surface area contributed by atoms with Crippen LogP contribution in [0.1, 0.15) is 35.4 Å². The molecule has 1 aliphatic carbocycles. The van der Waals surface area contributed by atoms with E-state index in [1.54, 1.807) is 12.0 Å². The van der Waals surface area contributed by atoms with Gasteiger partial charge < -0.3 is 28.7 Å². The standard InChI is InChI=1S/C27H32N4O5/c1-33-27(5-12-34-13-6-27)20-2-3-23(29-16-20)19-14-22-24(15-19)28-7-4-25(22)30-8-10-31(11-9-30)26(32)36-21-17-35-18-21/h2-4,7,14,16,21H,5-6,8-13,15,17-18H2,1H3. The zero-order valence-corrected chi connectivity index (χ0v) is 20.6. The summed E-state index contributed by atoms with van der Waals surface area (Å²) in [5.41, 5.74) is 6.30. The first-order valence-corrected chi connectivity index (χ1v) is 12.7. The molecule has 0 unspecified atom stereocenters. The molecule has 0 aromatic carbocycles. The number of allylic oxidation sites excluding steroid dienone is 1. The van der Waals surface area contributed by atoms with Gasteiger partial charge in [0.15, 0.2) is 6.10 Å². The molecule has 0 spiro atoms. The number of aromatic nitrogens is 2. The van der Waals surface area contributed by atoms with Crippen molar-refractivity contribution in [3.8, 4) is 0 Å². The highest BCUT2D eigenvalue weighted by atomic mass is 16.6. The topological polar surface area (TPSA) is 86.3 Å². The Balaban J connectivity index is 1.15. The molecule has 190 valence electrons. The van der Waals surface area contributed by atoms with E-state index in [0.29, 0.717) is 39.5 Å². The third-order valence-corrected chi connectivity index (χ3v) is 7.79. The molecule has 3 fully saturated rings. The highest BCUT2D eigenvalue weighted by molar-refractivity contribution is 5.91. The number of carbonyl (C=O) groups is 1. The average molecular weight is 493 g/mol. The van der Waals surface area contributed by atoms with E-state index in [2.05, 4.69) is 34.2 Å². The molecule has 0 bridgehead atoms. The van der Waals surface area contributed by atoms with Gasteiger partial charge in [0.1, 0.15) is 0 Å². The van der Waals surface area contributed by atoms with Crippen LogP contribution in [0.15, 0.2) is 30.6 Å². The maximum absolute atomic E-state index is 12.4. The maximum atomic E-state index is 12.4. The van der Waals surface area contributed by atoms with E-state index in [4.69, 9.17) is 23.9 Å². The number of ether oxygens (including phenoxy) is 4. The van der Waals surface area contributed by atoms with E-state index in [-0.39, 0.29) is 17.8 Å². The second kappa shape index (κ2) is 9.80. The minimum Gasteiger partial charge on any atom is -0.441 e. The van der Waals surface area contributed by atoms with Gasteiger partial charge in [-0.1, -0.05) is 6.07 Å². The lowest BCUT2D eigenvalue weighted by molar-refractivity contribution is -0.104. The second-order valence-corrected chi connectivity index (χ2v) is 9.80. The summed E-state index contributed by atoms with van der Waals surface area (Å²) < 4.78 is 22.0. The SMILES string of the molecule is COC1(c2ccc(C3=Cc4c(N5CCN(C(=O)OC6COC6)CC5)ccnc4C3)nc2)CCOCC1. The molecule has 36 heavy (non-hydrogen) atoms. The van der Waals surface area contributed by atoms with Crippen molar-refractivity contribution in [1.29, 1.82) is 0 Å². The fourth-order valence-electron chi connectivity index (χ4n) is 5.44. The summed E-state index contributed by atoms with van der Waals surface area (Å²) in [7, 11) is 1.77. The van der Waals surface area contributed by atoms with Crippen LogP contribution < -0.4 is 4.90 Å².